The molecule has 2 atom stereocenters. The van der Waals surface area contributed by atoms with E-state index in [0.29, 0.717) is 19.1 Å². The van der Waals surface area contributed by atoms with Gasteiger partial charge in [-0.2, -0.15) is 0 Å². The van der Waals surface area contributed by atoms with Crippen LogP contribution in [0.2, 0.25) is 0 Å². The molecule has 2 nitrogen and oxygen atoms in total. The van der Waals surface area contributed by atoms with E-state index < -0.39 is 0 Å². The van der Waals surface area contributed by atoms with Gasteiger partial charge in [-0.05, 0) is 5.92 Å². The van der Waals surface area contributed by atoms with Crippen LogP contribution in [0.15, 0.2) is 24.3 Å². The van der Waals surface area contributed by atoms with E-state index >= 15 is 0 Å². The lowest BCUT2D eigenvalue weighted by Crippen LogP contribution is -2.35. The molecule has 0 aromatic heterocycles. The lowest BCUT2D eigenvalue weighted by Gasteiger charge is -2.27. The van der Waals surface area contributed by atoms with Gasteiger partial charge in [0.1, 0.15) is 12.2 Å². The normalized spacial score (nSPS) is 40.6. The maximum Gasteiger partial charge on any atom is 0.105 e. The van der Waals surface area contributed by atoms with Gasteiger partial charge in [0.25, 0.3) is 0 Å². The van der Waals surface area contributed by atoms with Gasteiger partial charge >= 0.3 is 0 Å². The van der Waals surface area contributed by atoms with Crippen LogP contribution in [0.3, 0.4) is 0 Å². The minimum absolute atomic E-state index is 0.139. The van der Waals surface area contributed by atoms with Gasteiger partial charge in [-0.25, -0.2) is 0 Å². The average molecular weight is 166 g/mol. The molecule has 0 bridgehead atoms. The smallest absolute Gasteiger partial charge is 0.105 e. The van der Waals surface area contributed by atoms with Crippen LogP contribution in [0.5, 0.6) is 0 Å². The molecule has 1 fully saturated rings. The Morgan fingerprint density at radius 1 is 0.917 bits per heavy atom. The lowest BCUT2D eigenvalue weighted by molar-refractivity contribution is -0.101. The molecule has 0 aromatic carbocycles. The maximum atomic E-state index is 5.55. The minimum Gasteiger partial charge on any atom is -0.369 e. The van der Waals surface area contributed by atoms with Gasteiger partial charge in [-0.3, -0.25) is 0 Å². The molecule has 1 aliphatic heterocycles. The molecule has 0 N–H and O–H groups in total. The summed E-state index contributed by atoms with van der Waals surface area (Å²) < 4.78 is 11.1. The number of allylic oxidation sites excluding steroid dienone is 2. The molecule has 2 aliphatic rings. The third kappa shape index (κ3) is 1.59. The summed E-state index contributed by atoms with van der Waals surface area (Å²) in [4.78, 5) is 0. The van der Waals surface area contributed by atoms with Crippen molar-refractivity contribution in [1.82, 2.24) is 0 Å². The van der Waals surface area contributed by atoms with Crippen LogP contribution in [0.1, 0.15) is 6.92 Å². The highest BCUT2D eigenvalue weighted by Gasteiger charge is 2.23. The molecular weight excluding hydrogens is 152 g/mol. The van der Waals surface area contributed by atoms with E-state index in [1.807, 2.05) is 0 Å². The SMILES string of the molecule is CC1C=CC2OCCOC2C=C1. The van der Waals surface area contributed by atoms with Crippen molar-refractivity contribution in [2.75, 3.05) is 13.2 Å². The zero-order valence-corrected chi connectivity index (χ0v) is 7.27. The summed E-state index contributed by atoms with van der Waals surface area (Å²) in [6.45, 7) is 3.59. The lowest BCUT2D eigenvalue weighted by atomic mass is 10.2. The first-order chi connectivity index (χ1) is 5.86. The molecule has 66 valence electrons. The van der Waals surface area contributed by atoms with E-state index in [9.17, 15) is 0 Å². The van der Waals surface area contributed by atoms with Crippen molar-refractivity contribution in [3.8, 4) is 0 Å². The highest BCUT2D eigenvalue weighted by molar-refractivity contribution is 5.12. The first-order valence-corrected chi connectivity index (χ1v) is 4.46. The molecule has 1 aliphatic carbocycles. The van der Waals surface area contributed by atoms with Gasteiger partial charge in [-0.15, -0.1) is 0 Å². The van der Waals surface area contributed by atoms with Crippen LogP contribution in [0, 0.1) is 5.92 Å². The van der Waals surface area contributed by atoms with E-state index in [1.54, 1.807) is 0 Å². The zero-order chi connectivity index (χ0) is 8.39. The van der Waals surface area contributed by atoms with Crippen LogP contribution in [-0.4, -0.2) is 25.4 Å². The van der Waals surface area contributed by atoms with Crippen LogP contribution < -0.4 is 0 Å². The van der Waals surface area contributed by atoms with Gasteiger partial charge in [0.15, 0.2) is 0 Å². The van der Waals surface area contributed by atoms with Gasteiger partial charge in [-0.1, -0.05) is 31.2 Å². The third-order valence-electron chi connectivity index (χ3n) is 2.24. The largest absolute Gasteiger partial charge is 0.369 e. The number of ether oxygens (including phenoxy) is 2. The van der Waals surface area contributed by atoms with E-state index in [0.717, 1.165) is 0 Å². The summed E-state index contributed by atoms with van der Waals surface area (Å²) in [7, 11) is 0. The molecule has 1 heterocycles. The topological polar surface area (TPSA) is 18.5 Å². The average Bonchev–Trinajstić information content (AvgIpc) is 2.29. The van der Waals surface area contributed by atoms with Crippen molar-refractivity contribution in [1.29, 1.82) is 0 Å². The van der Waals surface area contributed by atoms with Crippen molar-refractivity contribution < 1.29 is 9.47 Å². The minimum atomic E-state index is 0.139. The molecule has 0 radical (unpaired) electrons. The number of hydrogen-bond donors (Lipinski definition) is 0. The van der Waals surface area contributed by atoms with Gasteiger partial charge in [0.2, 0.25) is 0 Å². The fourth-order valence-electron chi connectivity index (χ4n) is 1.52. The fourth-order valence-corrected chi connectivity index (χ4v) is 1.52. The molecule has 2 rings (SSSR count). The number of rotatable bonds is 0. The molecule has 1 saturated heterocycles. The van der Waals surface area contributed by atoms with Crippen molar-refractivity contribution in [3.63, 3.8) is 0 Å². The van der Waals surface area contributed by atoms with Crippen molar-refractivity contribution in [2.24, 2.45) is 5.92 Å². The van der Waals surface area contributed by atoms with Gasteiger partial charge < -0.3 is 9.47 Å². The van der Waals surface area contributed by atoms with Crippen molar-refractivity contribution in [3.05, 3.63) is 24.3 Å². The van der Waals surface area contributed by atoms with Crippen LogP contribution in [0.4, 0.5) is 0 Å². The van der Waals surface area contributed by atoms with E-state index in [4.69, 9.17) is 9.47 Å². The summed E-state index contributed by atoms with van der Waals surface area (Å²) in [5.74, 6) is 0.503. The van der Waals surface area contributed by atoms with Crippen molar-refractivity contribution in [2.45, 2.75) is 19.1 Å². The summed E-state index contributed by atoms with van der Waals surface area (Å²) >= 11 is 0. The molecule has 0 amide bonds. The predicted molar refractivity (Wildman–Crippen MR) is 46.9 cm³/mol. The molecule has 2 unspecified atom stereocenters. The second-order valence-electron chi connectivity index (χ2n) is 3.30. The Labute approximate surface area is 72.9 Å². The van der Waals surface area contributed by atoms with Crippen LogP contribution in [-0.2, 0) is 9.47 Å². The van der Waals surface area contributed by atoms with Crippen molar-refractivity contribution >= 4 is 0 Å². The Hall–Kier alpha value is -0.600. The Bertz CT molecular complexity index is 186. The second kappa shape index (κ2) is 3.42. The number of fused-ring (bicyclic) bond motifs is 1. The Balaban J connectivity index is 2.13. The first-order valence-electron chi connectivity index (χ1n) is 4.46. The molecule has 2 heteroatoms. The summed E-state index contributed by atoms with van der Waals surface area (Å²) in [5, 5.41) is 0. The molecule has 0 spiro atoms. The molecule has 12 heavy (non-hydrogen) atoms. The quantitative estimate of drug-likeness (QED) is 0.508. The first kappa shape index (κ1) is 8.02. The standard InChI is InChI=1S/C10H14O2/c1-8-2-4-9-10(5-3-8)12-7-6-11-9/h2-5,8-10H,6-7H2,1H3. The van der Waals surface area contributed by atoms with Gasteiger partial charge in [0, 0.05) is 0 Å². The predicted octanol–water partition coefficient (Wildman–Crippen LogP) is 1.53. The highest BCUT2D eigenvalue weighted by atomic mass is 16.6. The van der Waals surface area contributed by atoms with Crippen LogP contribution >= 0.6 is 0 Å². The molecule has 0 aromatic rings. The van der Waals surface area contributed by atoms with E-state index in [-0.39, 0.29) is 12.2 Å². The number of hydrogen-bond acceptors (Lipinski definition) is 2. The fraction of sp³-hybridized carbons (Fsp3) is 0.600. The second-order valence-corrected chi connectivity index (χ2v) is 3.30. The monoisotopic (exact) mass is 166 g/mol. The third-order valence-corrected chi connectivity index (χ3v) is 2.24. The Kier molecular flexibility index (Phi) is 2.28. The Morgan fingerprint density at radius 3 is 1.92 bits per heavy atom. The van der Waals surface area contributed by atoms with Gasteiger partial charge in [0.05, 0.1) is 13.2 Å². The van der Waals surface area contributed by atoms with E-state index in [1.165, 1.54) is 0 Å². The van der Waals surface area contributed by atoms with E-state index in [2.05, 4.69) is 31.2 Å². The Morgan fingerprint density at radius 2 is 1.42 bits per heavy atom. The summed E-state index contributed by atoms with van der Waals surface area (Å²) in [6.07, 6.45) is 8.81. The maximum absolute atomic E-state index is 5.55. The molecule has 0 saturated carbocycles. The summed E-state index contributed by atoms with van der Waals surface area (Å²) in [6, 6.07) is 0. The highest BCUT2D eigenvalue weighted by Crippen LogP contribution is 2.18. The van der Waals surface area contributed by atoms with Crippen LogP contribution in [0.25, 0.3) is 0 Å². The zero-order valence-electron chi connectivity index (χ0n) is 7.27. The summed E-state index contributed by atoms with van der Waals surface area (Å²) in [5.41, 5.74) is 0. The molecular formula is C10H14O2.